The van der Waals surface area contributed by atoms with Crippen LogP contribution < -0.4 is 15.5 Å². The molecule has 0 saturated carbocycles. The molecule has 29 heavy (non-hydrogen) atoms. The van der Waals surface area contributed by atoms with E-state index in [0.29, 0.717) is 22.3 Å². The van der Waals surface area contributed by atoms with Gasteiger partial charge in [-0.15, -0.1) is 11.3 Å². The van der Waals surface area contributed by atoms with Gasteiger partial charge in [-0.05, 0) is 35.9 Å². The minimum atomic E-state index is -0.447. The van der Waals surface area contributed by atoms with Crippen LogP contribution >= 0.6 is 22.9 Å². The Labute approximate surface area is 176 Å². The summed E-state index contributed by atoms with van der Waals surface area (Å²) in [5, 5.41) is 7.64. The fraction of sp³-hybridized carbons (Fsp3) is 0.0952. The van der Waals surface area contributed by atoms with Crippen molar-refractivity contribution in [2.75, 3.05) is 13.2 Å². The van der Waals surface area contributed by atoms with Crippen LogP contribution in [0.1, 0.15) is 15.2 Å². The van der Waals surface area contributed by atoms with Crippen LogP contribution in [-0.4, -0.2) is 31.2 Å². The molecule has 0 bridgehead atoms. The van der Waals surface area contributed by atoms with Crippen LogP contribution in [0.25, 0.3) is 10.1 Å². The summed E-state index contributed by atoms with van der Waals surface area (Å²) in [4.78, 5) is 24.6. The molecule has 0 unspecified atom stereocenters. The minimum absolute atomic E-state index is 0.213. The zero-order valence-electron chi connectivity index (χ0n) is 15.4. The van der Waals surface area contributed by atoms with Crippen LogP contribution in [0.5, 0.6) is 5.75 Å². The standard InChI is InChI=1S/C21H18ClN3O3S/c1-2-11-28-15-9-7-14(8-10-15)12-24-25-18(26)13-23-21(27)20-19(22)16-5-3-4-6-17(16)29-20/h2-10,12H,1,11,13H2,(H,23,27)(H,25,26)/b24-12-. The lowest BCUT2D eigenvalue weighted by molar-refractivity contribution is -0.120. The van der Waals surface area contributed by atoms with Gasteiger partial charge in [0.05, 0.1) is 17.8 Å². The first-order valence-electron chi connectivity index (χ1n) is 8.69. The van der Waals surface area contributed by atoms with E-state index in [1.165, 1.54) is 17.6 Å². The molecule has 1 heterocycles. The van der Waals surface area contributed by atoms with Gasteiger partial charge >= 0.3 is 0 Å². The molecule has 0 aliphatic rings. The topological polar surface area (TPSA) is 79.8 Å². The maximum Gasteiger partial charge on any atom is 0.263 e. The number of hydrogen-bond acceptors (Lipinski definition) is 5. The summed E-state index contributed by atoms with van der Waals surface area (Å²) in [6.07, 6.45) is 3.16. The average Bonchev–Trinajstić information content (AvgIpc) is 3.08. The normalized spacial score (nSPS) is 10.8. The molecule has 148 valence electrons. The monoisotopic (exact) mass is 427 g/mol. The zero-order valence-corrected chi connectivity index (χ0v) is 16.9. The van der Waals surface area contributed by atoms with Gasteiger partial charge < -0.3 is 10.1 Å². The summed E-state index contributed by atoms with van der Waals surface area (Å²) in [5.74, 6) is -0.128. The summed E-state index contributed by atoms with van der Waals surface area (Å²) in [7, 11) is 0. The molecule has 0 atom stereocenters. The molecule has 3 aromatic rings. The molecule has 0 saturated heterocycles. The molecule has 1 aromatic heterocycles. The molecule has 0 aliphatic carbocycles. The number of nitrogens with zero attached hydrogens (tertiary/aromatic N) is 1. The maximum atomic E-state index is 12.3. The molecule has 2 amide bonds. The Balaban J connectivity index is 1.49. The van der Waals surface area contributed by atoms with Gasteiger partial charge in [-0.25, -0.2) is 5.43 Å². The van der Waals surface area contributed by atoms with Gasteiger partial charge in [0.15, 0.2) is 0 Å². The van der Waals surface area contributed by atoms with Crippen LogP contribution in [0.4, 0.5) is 0 Å². The van der Waals surface area contributed by atoms with Crippen molar-refractivity contribution in [3.63, 3.8) is 0 Å². The van der Waals surface area contributed by atoms with Crippen LogP contribution in [0.15, 0.2) is 66.3 Å². The number of thiophene rings is 1. The second kappa shape index (κ2) is 9.86. The van der Waals surface area contributed by atoms with E-state index >= 15 is 0 Å². The van der Waals surface area contributed by atoms with Crippen molar-refractivity contribution in [3.05, 3.63) is 76.6 Å². The number of carbonyl (C=O) groups is 2. The molecule has 0 spiro atoms. The van der Waals surface area contributed by atoms with Gasteiger partial charge in [0.1, 0.15) is 17.2 Å². The number of fused-ring (bicyclic) bond motifs is 1. The average molecular weight is 428 g/mol. The number of halogens is 1. The lowest BCUT2D eigenvalue weighted by Crippen LogP contribution is -2.34. The summed E-state index contributed by atoms with van der Waals surface area (Å²) in [6.45, 7) is 3.81. The van der Waals surface area contributed by atoms with Crippen molar-refractivity contribution in [1.29, 1.82) is 0 Å². The van der Waals surface area contributed by atoms with Gasteiger partial charge in [0, 0.05) is 10.1 Å². The second-order valence-corrected chi connectivity index (χ2v) is 7.32. The van der Waals surface area contributed by atoms with Gasteiger partial charge in [-0.2, -0.15) is 5.10 Å². The van der Waals surface area contributed by atoms with Crippen molar-refractivity contribution in [2.45, 2.75) is 0 Å². The van der Waals surface area contributed by atoms with E-state index in [1.54, 1.807) is 30.3 Å². The number of rotatable bonds is 8. The predicted octanol–water partition coefficient (Wildman–Crippen LogP) is 4.00. The highest BCUT2D eigenvalue weighted by atomic mass is 35.5. The molecule has 8 heteroatoms. The van der Waals surface area contributed by atoms with E-state index in [9.17, 15) is 9.59 Å². The lowest BCUT2D eigenvalue weighted by atomic mass is 10.2. The molecular formula is C21H18ClN3O3S. The number of carbonyl (C=O) groups excluding carboxylic acids is 2. The number of nitrogens with one attached hydrogen (secondary N) is 2. The number of hydrogen-bond donors (Lipinski definition) is 2. The quantitative estimate of drug-likeness (QED) is 0.324. The maximum absolute atomic E-state index is 12.3. The highest BCUT2D eigenvalue weighted by molar-refractivity contribution is 7.21. The van der Waals surface area contributed by atoms with Crippen LogP contribution in [0.3, 0.4) is 0 Å². The number of benzene rings is 2. The van der Waals surface area contributed by atoms with Crippen LogP contribution in [0, 0.1) is 0 Å². The third kappa shape index (κ3) is 5.43. The van der Waals surface area contributed by atoms with Gasteiger partial charge in [0.25, 0.3) is 11.8 Å². The third-order valence-corrected chi connectivity index (χ3v) is 5.48. The fourth-order valence-corrected chi connectivity index (χ4v) is 3.86. The Kier molecular flexibility index (Phi) is 6.99. The van der Waals surface area contributed by atoms with Crippen molar-refractivity contribution in [3.8, 4) is 5.75 Å². The summed E-state index contributed by atoms with van der Waals surface area (Å²) in [5.41, 5.74) is 3.16. The number of ether oxygens (including phenoxy) is 1. The molecule has 6 nitrogen and oxygen atoms in total. The van der Waals surface area contributed by atoms with E-state index in [2.05, 4.69) is 22.4 Å². The van der Waals surface area contributed by atoms with Gasteiger partial charge in [-0.3, -0.25) is 9.59 Å². The zero-order chi connectivity index (χ0) is 20.6. The number of amides is 2. The Morgan fingerprint density at radius 3 is 2.66 bits per heavy atom. The summed E-state index contributed by atoms with van der Waals surface area (Å²) >= 11 is 7.55. The molecule has 0 aliphatic heterocycles. The Morgan fingerprint density at radius 1 is 1.17 bits per heavy atom. The van der Waals surface area contributed by atoms with E-state index in [-0.39, 0.29) is 6.54 Å². The van der Waals surface area contributed by atoms with Gasteiger partial charge in [-0.1, -0.05) is 42.5 Å². The van der Waals surface area contributed by atoms with E-state index < -0.39 is 11.8 Å². The number of hydrazone groups is 1. The Morgan fingerprint density at radius 2 is 1.93 bits per heavy atom. The molecular weight excluding hydrogens is 410 g/mol. The first-order valence-corrected chi connectivity index (χ1v) is 9.89. The van der Waals surface area contributed by atoms with E-state index in [1.807, 2.05) is 24.3 Å². The predicted molar refractivity (Wildman–Crippen MR) is 117 cm³/mol. The molecule has 2 aromatic carbocycles. The highest BCUT2D eigenvalue weighted by Gasteiger charge is 2.17. The molecule has 2 N–H and O–H groups in total. The Bertz CT molecular complexity index is 1060. The fourth-order valence-electron chi connectivity index (χ4n) is 2.42. The summed E-state index contributed by atoms with van der Waals surface area (Å²) in [6, 6.07) is 14.7. The molecule has 0 radical (unpaired) electrons. The van der Waals surface area contributed by atoms with Crippen molar-refractivity contribution in [1.82, 2.24) is 10.7 Å². The SMILES string of the molecule is C=CCOc1ccc(/C=N\NC(=O)CNC(=O)c2sc3ccccc3c2Cl)cc1. The van der Waals surface area contributed by atoms with Crippen molar-refractivity contribution in [2.24, 2.45) is 5.10 Å². The van der Waals surface area contributed by atoms with E-state index in [0.717, 1.165) is 15.6 Å². The first kappa shape index (κ1) is 20.6. The van der Waals surface area contributed by atoms with Gasteiger partial charge in [0.2, 0.25) is 0 Å². The van der Waals surface area contributed by atoms with Crippen molar-refractivity contribution >= 4 is 51.1 Å². The Hall–Kier alpha value is -3.16. The minimum Gasteiger partial charge on any atom is -0.490 e. The smallest absolute Gasteiger partial charge is 0.263 e. The van der Waals surface area contributed by atoms with E-state index in [4.69, 9.17) is 16.3 Å². The van der Waals surface area contributed by atoms with Crippen LogP contribution in [0.2, 0.25) is 5.02 Å². The largest absolute Gasteiger partial charge is 0.490 e. The van der Waals surface area contributed by atoms with Crippen LogP contribution in [-0.2, 0) is 4.79 Å². The summed E-state index contributed by atoms with van der Waals surface area (Å²) < 4.78 is 6.30. The molecule has 3 rings (SSSR count). The lowest BCUT2D eigenvalue weighted by Gasteiger charge is -2.04. The molecule has 0 fully saturated rings. The van der Waals surface area contributed by atoms with Crippen molar-refractivity contribution < 1.29 is 14.3 Å². The third-order valence-electron chi connectivity index (χ3n) is 3.80. The first-order chi connectivity index (χ1) is 14.1. The second-order valence-electron chi connectivity index (χ2n) is 5.89. The highest BCUT2D eigenvalue weighted by Crippen LogP contribution is 2.34.